The molecular formula is C14H24N2O2S. The average Bonchev–Trinajstić information content (AvgIpc) is 2.39. The van der Waals surface area contributed by atoms with Crippen LogP contribution < -0.4 is 5.73 Å². The van der Waals surface area contributed by atoms with Gasteiger partial charge in [-0.2, -0.15) is 4.31 Å². The van der Waals surface area contributed by atoms with Gasteiger partial charge in [-0.1, -0.05) is 44.2 Å². The molecule has 0 aliphatic rings. The van der Waals surface area contributed by atoms with Gasteiger partial charge in [-0.05, 0) is 18.4 Å². The summed E-state index contributed by atoms with van der Waals surface area (Å²) in [6.07, 6.45) is 1.62. The van der Waals surface area contributed by atoms with Gasteiger partial charge in [0.15, 0.2) is 0 Å². The maximum atomic E-state index is 12.5. The third kappa shape index (κ3) is 4.60. The van der Waals surface area contributed by atoms with E-state index in [2.05, 4.69) is 0 Å². The first-order chi connectivity index (χ1) is 9.05. The second kappa shape index (κ2) is 7.62. The Labute approximate surface area is 116 Å². The Hall–Kier alpha value is -0.910. The summed E-state index contributed by atoms with van der Waals surface area (Å²) in [6, 6.07) is 9.31. The van der Waals surface area contributed by atoms with Crippen LogP contribution >= 0.6 is 0 Å². The summed E-state index contributed by atoms with van der Waals surface area (Å²) in [4.78, 5) is 0. The van der Waals surface area contributed by atoms with Crippen LogP contribution in [0, 0.1) is 0 Å². The van der Waals surface area contributed by atoms with Crippen molar-refractivity contribution in [1.29, 1.82) is 0 Å². The highest BCUT2D eigenvalue weighted by Crippen LogP contribution is 2.17. The molecule has 1 rings (SSSR count). The summed E-state index contributed by atoms with van der Waals surface area (Å²) < 4.78 is 26.6. The molecule has 1 aromatic rings. The molecule has 0 aliphatic heterocycles. The van der Waals surface area contributed by atoms with Crippen molar-refractivity contribution in [1.82, 2.24) is 4.31 Å². The van der Waals surface area contributed by atoms with Crippen LogP contribution in [0.3, 0.4) is 0 Å². The maximum Gasteiger partial charge on any atom is 0.218 e. The minimum atomic E-state index is -3.31. The largest absolute Gasteiger partial charge is 0.329 e. The van der Waals surface area contributed by atoms with Crippen molar-refractivity contribution < 1.29 is 8.42 Å². The normalized spacial score (nSPS) is 12.3. The van der Waals surface area contributed by atoms with E-state index in [0.29, 0.717) is 13.1 Å². The number of nitrogens with zero attached hydrogens (tertiary/aromatic N) is 1. The molecule has 0 saturated heterocycles. The Morgan fingerprint density at radius 1 is 1.16 bits per heavy atom. The first kappa shape index (κ1) is 16.1. The minimum absolute atomic E-state index is 0.0391. The lowest BCUT2D eigenvalue weighted by Crippen LogP contribution is -2.43. The van der Waals surface area contributed by atoms with Crippen molar-refractivity contribution in [3.05, 3.63) is 35.9 Å². The Balaban J connectivity index is 2.93. The highest BCUT2D eigenvalue weighted by molar-refractivity contribution is 7.88. The van der Waals surface area contributed by atoms with Crippen molar-refractivity contribution in [2.45, 2.75) is 38.5 Å². The first-order valence-corrected chi connectivity index (χ1v) is 8.39. The van der Waals surface area contributed by atoms with E-state index < -0.39 is 10.0 Å². The molecule has 0 amide bonds. The van der Waals surface area contributed by atoms with Gasteiger partial charge in [-0.15, -0.1) is 0 Å². The Morgan fingerprint density at radius 3 is 2.21 bits per heavy atom. The van der Waals surface area contributed by atoms with Gasteiger partial charge in [0, 0.05) is 19.1 Å². The third-order valence-electron chi connectivity index (χ3n) is 3.25. The molecule has 0 radical (unpaired) electrons. The van der Waals surface area contributed by atoms with E-state index in [1.165, 1.54) is 0 Å². The zero-order valence-electron chi connectivity index (χ0n) is 11.7. The van der Waals surface area contributed by atoms with Gasteiger partial charge in [0.25, 0.3) is 0 Å². The van der Waals surface area contributed by atoms with E-state index in [9.17, 15) is 8.42 Å². The molecule has 0 saturated carbocycles. The van der Waals surface area contributed by atoms with Gasteiger partial charge in [0.05, 0.1) is 5.75 Å². The Morgan fingerprint density at radius 2 is 1.74 bits per heavy atom. The molecule has 0 atom stereocenters. The van der Waals surface area contributed by atoms with Crippen LogP contribution in [0.2, 0.25) is 0 Å². The molecule has 2 N–H and O–H groups in total. The number of nitrogens with two attached hydrogens (primary N) is 1. The topological polar surface area (TPSA) is 63.4 Å². The zero-order chi connectivity index (χ0) is 14.3. The minimum Gasteiger partial charge on any atom is -0.329 e. The summed E-state index contributed by atoms with van der Waals surface area (Å²) in [7, 11) is -3.31. The van der Waals surface area contributed by atoms with Gasteiger partial charge >= 0.3 is 0 Å². The number of rotatable bonds is 8. The van der Waals surface area contributed by atoms with Crippen molar-refractivity contribution in [3.63, 3.8) is 0 Å². The number of benzene rings is 1. The van der Waals surface area contributed by atoms with Crippen LogP contribution in [-0.4, -0.2) is 31.9 Å². The second-order valence-electron chi connectivity index (χ2n) is 4.61. The van der Waals surface area contributed by atoms with E-state index in [4.69, 9.17) is 5.73 Å². The summed E-state index contributed by atoms with van der Waals surface area (Å²) in [6.45, 7) is 4.76. The van der Waals surface area contributed by atoms with Crippen molar-refractivity contribution in [2.75, 3.05) is 13.1 Å². The molecule has 4 nitrogen and oxygen atoms in total. The molecule has 0 bridgehead atoms. The SMILES string of the molecule is CCC(CC)N(CCN)S(=O)(=O)Cc1ccccc1. The smallest absolute Gasteiger partial charge is 0.218 e. The highest BCUT2D eigenvalue weighted by Gasteiger charge is 2.27. The van der Waals surface area contributed by atoms with E-state index >= 15 is 0 Å². The Kier molecular flexibility index (Phi) is 6.48. The van der Waals surface area contributed by atoms with Gasteiger partial charge < -0.3 is 5.73 Å². The highest BCUT2D eigenvalue weighted by atomic mass is 32.2. The van der Waals surface area contributed by atoms with Crippen LogP contribution in [0.15, 0.2) is 30.3 Å². The van der Waals surface area contributed by atoms with E-state index in [1.807, 2.05) is 44.2 Å². The van der Waals surface area contributed by atoms with Crippen molar-refractivity contribution in [2.24, 2.45) is 5.73 Å². The fraction of sp³-hybridized carbons (Fsp3) is 0.571. The molecule has 0 aliphatic carbocycles. The van der Waals surface area contributed by atoms with Gasteiger partial charge in [-0.25, -0.2) is 8.42 Å². The number of hydrogen-bond donors (Lipinski definition) is 1. The average molecular weight is 284 g/mol. The fourth-order valence-electron chi connectivity index (χ4n) is 2.24. The Bertz CT molecular complexity index is 456. The molecule has 0 unspecified atom stereocenters. The molecule has 19 heavy (non-hydrogen) atoms. The predicted molar refractivity (Wildman–Crippen MR) is 79.2 cm³/mol. The molecule has 0 spiro atoms. The van der Waals surface area contributed by atoms with E-state index in [1.54, 1.807) is 4.31 Å². The second-order valence-corrected chi connectivity index (χ2v) is 6.53. The van der Waals surface area contributed by atoms with E-state index in [-0.39, 0.29) is 11.8 Å². The lowest BCUT2D eigenvalue weighted by Gasteiger charge is -2.29. The number of hydrogen-bond acceptors (Lipinski definition) is 3. The quantitative estimate of drug-likeness (QED) is 0.794. The van der Waals surface area contributed by atoms with Crippen LogP contribution in [0.1, 0.15) is 32.3 Å². The van der Waals surface area contributed by atoms with Crippen molar-refractivity contribution >= 4 is 10.0 Å². The van der Waals surface area contributed by atoms with Crippen LogP contribution in [-0.2, 0) is 15.8 Å². The van der Waals surface area contributed by atoms with Crippen molar-refractivity contribution in [3.8, 4) is 0 Å². The third-order valence-corrected chi connectivity index (χ3v) is 5.14. The molecule has 0 heterocycles. The van der Waals surface area contributed by atoms with Crippen LogP contribution in [0.4, 0.5) is 0 Å². The molecular weight excluding hydrogens is 260 g/mol. The summed E-state index contributed by atoms with van der Waals surface area (Å²) >= 11 is 0. The lowest BCUT2D eigenvalue weighted by atomic mass is 10.2. The maximum absolute atomic E-state index is 12.5. The summed E-state index contributed by atoms with van der Waals surface area (Å²) in [5, 5.41) is 0. The molecule has 0 fully saturated rings. The van der Waals surface area contributed by atoms with Gasteiger partial charge in [-0.3, -0.25) is 0 Å². The number of sulfonamides is 1. The molecule has 0 aromatic heterocycles. The fourth-order valence-corrected chi connectivity index (χ4v) is 4.16. The standard InChI is InChI=1S/C14H24N2O2S/c1-3-14(4-2)16(11-10-15)19(17,18)12-13-8-6-5-7-9-13/h5-9,14H,3-4,10-12,15H2,1-2H3. The van der Waals surface area contributed by atoms with E-state index in [0.717, 1.165) is 18.4 Å². The predicted octanol–water partition coefficient (Wildman–Crippen LogP) is 1.97. The van der Waals surface area contributed by atoms with Crippen LogP contribution in [0.5, 0.6) is 0 Å². The van der Waals surface area contributed by atoms with Gasteiger partial charge in [0.2, 0.25) is 10.0 Å². The monoisotopic (exact) mass is 284 g/mol. The lowest BCUT2D eigenvalue weighted by molar-refractivity contribution is 0.309. The van der Waals surface area contributed by atoms with Gasteiger partial charge in [0.1, 0.15) is 0 Å². The summed E-state index contributed by atoms with van der Waals surface area (Å²) in [5.41, 5.74) is 6.38. The molecule has 5 heteroatoms. The first-order valence-electron chi connectivity index (χ1n) is 6.78. The zero-order valence-corrected chi connectivity index (χ0v) is 12.6. The molecule has 108 valence electrons. The molecule has 1 aromatic carbocycles. The van der Waals surface area contributed by atoms with Crippen LogP contribution in [0.25, 0.3) is 0 Å². The summed E-state index contributed by atoms with van der Waals surface area (Å²) in [5.74, 6) is 0.0460.